The van der Waals surface area contributed by atoms with E-state index < -0.39 is 5.60 Å². The minimum atomic E-state index is -0.545. The number of ketones is 1. The second kappa shape index (κ2) is 11.3. The van der Waals surface area contributed by atoms with Crippen molar-refractivity contribution in [2.45, 2.75) is 52.7 Å². The van der Waals surface area contributed by atoms with Crippen LogP contribution in [0, 0.1) is 0 Å². The van der Waals surface area contributed by atoms with Gasteiger partial charge in [0.2, 0.25) is 5.78 Å². The zero-order valence-corrected chi connectivity index (χ0v) is 23.6. The Kier molecular flexibility index (Phi) is 7.76. The number of unbranched alkanes of at least 4 members (excludes halogenated alkanes) is 1. The standard InChI is InChI=1S/C31H37N3O6/c1-5-6-16-38-25-9-7-8-21-20(18-32-27(21)25)17-26-28(36)22-10-11-24(35)23(29(22)39-26)19-33-12-14-34(15-13-33)30(37)40-31(2,3)4/h7-11,17-18,32,35H,5-6,12-16,19H2,1-4H3/b26-17-. The van der Waals surface area contributed by atoms with Gasteiger partial charge in [0.25, 0.3) is 0 Å². The summed E-state index contributed by atoms with van der Waals surface area (Å²) >= 11 is 0. The summed E-state index contributed by atoms with van der Waals surface area (Å²) in [6.07, 6.45) is 5.28. The van der Waals surface area contributed by atoms with Crippen LogP contribution in [-0.4, -0.2) is 70.2 Å². The number of benzene rings is 2. The third kappa shape index (κ3) is 5.79. The Hall–Kier alpha value is -3.98. The topological polar surface area (TPSA) is 104 Å². The number of nitrogens with zero attached hydrogens (tertiary/aromatic N) is 2. The molecule has 3 heterocycles. The molecule has 2 aromatic carbocycles. The van der Waals surface area contributed by atoms with Gasteiger partial charge in [0.1, 0.15) is 22.8 Å². The molecule has 0 atom stereocenters. The summed E-state index contributed by atoms with van der Waals surface area (Å²) in [5, 5.41) is 11.7. The number of amides is 1. The van der Waals surface area contributed by atoms with E-state index in [0.717, 1.165) is 35.1 Å². The van der Waals surface area contributed by atoms with E-state index in [1.165, 1.54) is 0 Å². The first-order chi connectivity index (χ1) is 19.1. The largest absolute Gasteiger partial charge is 0.507 e. The van der Waals surface area contributed by atoms with E-state index in [-0.39, 0.29) is 23.4 Å². The Balaban J connectivity index is 1.32. The quantitative estimate of drug-likeness (QED) is 0.288. The maximum atomic E-state index is 13.3. The summed E-state index contributed by atoms with van der Waals surface area (Å²) < 4.78 is 17.5. The molecule has 1 saturated heterocycles. The molecule has 1 fully saturated rings. The van der Waals surface area contributed by atoms with Gasteiger partial charge in [-0.15, -0.1) is 0 Å². The molecule has 0 radical (unpaired) electrons. The fraction of sp³-hybridized carbons (Fsp3) is 0.419. The van der Waals surface area contributed by atoms with Gasteiger partial charge in [-0.1, -0.05) is 25.5 Å². The molecular weight excluding hydrogens is 510 g/mol. The summed E-state index contributed by atoms with van der Waals surface area (Å²) in [6.45, 7) is 11.0. The Labute approximate surface area is 234 Å². The summed E-state index contributed by atoms with van der Waals surface area (Å²) in [7, 11) is 0. The number of fused-ring (bicyclic) bond motifs is 2. The normalized spacial score (nSPS) is 16.9. The predicted molar refractivity (Wildman–Crippen MR) is 153 cm³/mol. The predicted octanol–water partition coefficient (Wildman–Crippen LogP) is 5.72. The smallest absolute Gasteiger partial charge is 0.410 e. The number of H-pyrrole nitrogens is 1. The van der Waals surface area contributed by atoms with Crippen molar-refractivity contribution < 1.29 is 28.9 Å². The Morgan fingerprint density at radius 3 is 2.65 bits per heavy atom. The molecule has 5 rings (SSSR count). The summed E-state index contributed by atoms with van der Waals surface area (Å²) in [5.41, 5.74) is 2.13. The molecule has 1 amide bonds. The molecule has 0 bridgehead atoms. The van der Waals surface area contributed by atoms with Crippen LogP contribution >= 0.6 is 0 Å². The van der Waals surface area contributed by atoms with E-state index in [0.29, 0.717) is 56.2 Å². The van der Waals surface area contributed by atoms with Crippen LogP contribution in [0.5, 0.6) is 17.2 Å². The van der Waals surface area contributed by atoms with E-state index in [1.807, 2.05) is 45.2 Å². The van der Waals surface area contributed by atoms with Crippen molar-refractivity contribution in [1.29, 1.82) is 0 Å². The minimum Gasteiger partial charge on any atom is -0.507 e. The number of allylic oxidation sites excluding steroid dienone is 1. The first kappa shape index (κ1) is 27.6. The molecule has 0 spiro atoms. The molecule has 2 N–H and O–H groups in total. The number of piperazine rings is 1. The van der Waals surface area contributed by atoms with Crippen molar-refractivity contribution in [3.05, 3.63) is 59.0 Å². The molecule has 212 valence electrons. The molecule has 1 aromatic heterocycles. The first-order valence-electron chi connectivity index (χ1n) is 13.9. The number of hydrogen-bond acceptors (Lipinski definition) is 7. The molecule has 9 nitrogen and oxygen atoms in total. The zero-order valence-electron chi connectivity index (χ0n) is 23.6. The lowest BCUT2D eigenvalue weighted by Gasteiger charge is -2.35. The number of rotatable bonds is 7. The SMILES string of the molecule is CCCCOc1cccc2c(/C=C3\Oc4c(ccc(O)c4CN4CCN(C(=O)OC(C)(C)C)CC4)C3=O)c[nH]c12. The fourth-order valence-electron chi connectivity index (χ4n) is 4.94. The Morgan fingerprint density at radius 1 is 1.15 bits per heavy atom. The van der Waals surface area contributed by atoms with Gasteiger partial charge < -0.3 is 29.2 Å². The Bertz CT molecular complexity index is 1440. The lowest BCUT2D eigenvalue weighted by molar-refractivity contribution is 0.0137. The second-order valence-electron chi connectivity index (χ2n) is 11.2. The maximum absolute atomic E-state index is 13.3. The van der Waals surface area contributed by atoms with Crippen LogP contribution in [0.15, 0.2) is 42.3 Å². The van der Waals surface area contributed by atoms with Crippen LogP contribution in [0.1, 0.15) is 62.0 Å². The number of ether oxygens (including phenoxy) is 3. The molecule has 0 aliphatic carbocycles. The van der Waals surface area contributed by atoms with Crippen LogP contribution in [0.2, 0.25) is 0 Å². The average molecular weight is 548 g/mol. The number of carbonyl (C=O) groups is 2. The maximum Gasteiger partial charge on any atom is 0.410 e. The lowest BCUT2D eigenvalue weighted by atomic mass is 10.0. The van der Waals surface area contributed by atoms with Gasteiger partial charge in [0, 0.05) is 49.9 Å². The highest BCUT2D eigenvalue weighted by Gasteiger charge is 2.33. The van der Waals surface area contributed by atoms with E-state index in [1.54, 1.807) is 23.1 Å². The summed E-state index contributed by atoms with van der Waals surface area (Å²) in [6, 6.07) is 8.99. The number of aromatic nitrogens is 1. The van der Waals surface area contributed by atoms with Gasteiger partial charge in [0.15, 0.2) is 5.76 Å². The van der Waals surface area contributed by atoms with Crippen molar-refractivity contribution in [2.75, 3.05) is 32.8 Å². The summed E-state index contributed by atoms with van der Waals surface area (Å²) in [4.78, 5) is 32.8. The molecular formula is C31H37N3O6. The molecule has 0 saturated carbocycles. The monoisotopic (exact) mass is 547 g/mol. The van der Waals surface area contributed by atoms with Gasteiger partial charge in [-0.05, 0) is 51.5 Å². The number of phenols is 1. The average Bonchev–Trinajstić information content (AvgIpc) is 3.47. The van der Waals surface area contributed by atoms with Crippen molar-refractivity contribution >= 4 is 28.9 Å². The molecule has 2 aliphatic rings. The molecule has 0 unspecified atom stereocenters. The van der Waals surface area contributed by atoms with Crippen molar-refractivity contribution in [3.63, 3.8) is 0 Å². The third-order valence-electron chi connectivity index (χ3n) is 7.07. The number of aromatic amines is 1. The van der Waals surface area contributed by atoms with Crippen LogP contribution in [0.4, 0.5) is 4.79 Å². The van der Waals surface area contributed by atoms with Crippen LogP contribution in [-0.2, 0) is 11.3 Å². The number of aromatic hydroxyl groups is 1. The minimum absolute atomic E-state index is 0.0725. The fourth-order valence-corrected chi connectivity index (χ4v) is 4.94. The number of phenolic OH excluding ortho intramolecular Hbond substituents is 1. The van der Waals surface area contributed by atoms with Crippen LogP contribution in [0.3, 0.4) is 0 Å². The van der Waals surface area contributed by atoms with E-state index in [4.69, 9.17) is 14.2 Å². The highest BCUT2D eigenvalue weighted by molar-refractivity contribution is 6.15. The Morgan fingerprint density at radius 2 is 1.93 bits per heavy atom. The van der Waals surface area contributed by atoms with Crippen LogP contribution < -0.4 is 9.47 Å². The first-order valence-corrected chi connectivity index (χ1v) is 13.9. The molecule has 3 aromatic rings. The zero-order chi connectivity index (χ0) is 28.4. The van der Waals surface area contributed by atoms with Gasteiger partial charge in [-0.3, -0.25) is 9.69 Å². The number of nitrogens with one attached hydrogen (secondary N) is 1. The number of carbonyl (C=O) groups excluding carboxylic acids is 2. The number of para-hydroxylation sites is 1. The van der Waals surface area contributed by atoms with E-state index >= 15 is 0 Å². The van der Waals surface area contributed by atoms with Crippen LogP contribution in [0.25, 0.3) is 17.0 Å². The van der Waals surface area contributed by atoms with Crippen molar-refractivity contribution in [2.24, 2.45) is 0 Å². The highest BCUT2D eigenvalue weighted by Crippen LogP contribution is 2.41. The molecule has 2 aliphatic heterocycles. The highest BCUT2D eigenvalue weighted by atomic mass is 16.6. The van der Waals surface area contributed by atoms with Gasteiger partial charge >= 0.3 is 6.09 Å². The molecule has 40 heavy (non-hydrogen) atoms. The van der Waals surface area contributed by atoms with E-state index in [2.05, 4.69) is 16.8 Å². The van der Waals surface area contributed by atoms with Crippen molar-refractivity contribution in [3.8, 4) is 17.2 Å². The number of Topliss-reactive ketones (excluding diaryl/α,β-unsaturated/α-hetero) is 1. The summed E-state index contributed by atoms with van der Waals surface area (Å²) in [5.74, 6) is 1.21. The van der Waals surface area contributed by atoms with Gasteiger partial charge in [-0.2, -0.15) is 0 Å². The van der Waals surface area contributed by atoms with Gasteiger partial charge in [-0.25, -0.2) is 4.79 Å². The third-order valence-corrected chi connectivity index (χ3v) is 7.07. The lowest BCUT2D eigenvalue weighted by Crippen LogP contribution is -2.49. The number of hydrogen-bond donors (Lipinski definition) is 2. The second-order valence-corrected chi connectivity index (χ2v) is 11.2. The van der Waals surface area contributed by atoms with Gasteiger partial charge in [0.05, 0.1) is 23.3 Å². The van der Waals surface area contributed by atoms with Crippen molar-refractivity contribution in [1.82, 2.24) is 14.8 Å². The molecule has 9 heteroatoms. The van der Waals surface area contributed by atoms with E-state index in [9.17, 15) is 14.7 Å².